The highest BCUT2D eigenvalue weighted by atomic mass is 79.9. The molecule has 1 saturated heterocycles. The van der Waals surface area contributed by atoms with Crippen molar-refractivity contribution in [3.05, 3.63) is 28.5 Å². The molecule has 0 aromatic carbocycles. The number of carbonyl (C=O) groups is 1. The number of hydrogen-bond donors (Lipinski definition) is 1. The Labute approximate surface area is 131 Å². The summed E-state index contributed by atoms with van der Waals surface area (Å²) in [5.41, 5.74) is 1.54. The van der Waals surface area contributed by atoms with E-state index in [9.17, 15) is 4.79 Å². The zero-order chi connectivity index (χ0) is 15.2. The van der Waals surface area contributed by atoms with Crippen LogP contribution < -0.4 is 0 Å². The zero-order valence-corrected chi connectivity index (χ0v) is 13.9. The molecule has 0 saturated carbocycles. The van der Waals surface area contributed by atoms with Gasteiger partial charge in [-0.3, -0.25) is 0 Å². The fourth-order valence-corrected chi connectivity index (χ4v) is 2.81. The number of likely N-dealkylation sites (tertiary alicyclic amines) is 1. The Morgan fingerprint density at radius 1 is 1.48 bits per heavy atom. The molecule has 3 heterocycles. The van der Waals surface area contributed by atoms with Crippen molar-refractivity contribution in [2.75, 3.05) is 13.1 Å². The van der Waals surface area contributed by atoms with Gasteiger partial charge in [-0.15, -0.1) is 0 Å². The summed E-state index contributed by atoms with van der Waals surface area (Å²) < 4.78 is 6.39. The highest BCUT2D eigenvalue weighted by molar-refractivity contribution is 9.10. The van der Waals surface area contributed by atoms with Crippen molar-refractivity contribution >= 4 is 33.1 Å². The van der Waals surface area contributed by atoms with E-state index in [2.05, 4.69) is 32.0 Å². The van der Waals surface area contributed by atoms with E-state index in [1.54, 1.807) is 11.1 Å². The van der Waals surface area contributed by atoms with Gasteiger partial charge in [0, 0.05) is 40.8 Å². The molecule has 1 aliphatic heterocycles. The van der Waals surface area contributed by atoms with E-state index in [0.717, 1.165) is 21.2 Å². The molecule has 2 aromatic rings. The fraction of sp³-hybridized carbons (Fsp3) is 0.467. The van der Waals surface area contributed by atoms with Crippen LogP contribution in [0.3, 0.4) is 0 Å². The average molecular weight is 352 g/mol. The Morgan fingerprint density at radius 3 is 2.81 bits per heavy atom. The molecule has 3 rings (SSSR count). The molecule has 1 N–H and O–H groups in total. The number of halogens is 1. The van der Waals surface area contributed by atoms with Crippen LogP contribution in [0.1, 0.15) is 32.4 Å². The molecule has 0 radical (unpaired) electrons. The third-order valence-electron chi connectivity index (χ3n) is 3.47. The van der Waals surface area contributed by atoms with Crippen LogP contribution in [0.5, 0.6) is 0 Å². The van der Waals surface area contributed by atoms with Crippen LogP contribution in [0.15, 0.2) is 22.8 Å². The maximum absolute atomic E-state index is 11.9. The maximum Gasteiger partial charge on any atom is 0.410 e. The Hall–Kier alpha value is -1.56. The van der Waals surface area contributed by atoms with Gasteiger partial charge in [-0.25, -0.2) is 9.78 Å². The molecule has 112 valence electrons. The number of aromatic nitrogens is 2. The van der Waals surface area contributed by atoms with Crippen LogP contribution in [0, 0.1) is 0 Å². The number of aromatic amines is 1. The smallest absolute Gasteiger partial charge is 0.410 e. The van der Waals surface area contributed by atoms with E-state index >= 15 is 0 Å². The number of nitrogens with one attached hydrogen (secondary N) is 1. The van der Waals surface area contributed by atoms with Crippen LogP contribution in [0.2, 0.25) is 0 Å². The van der Waals surface area contributed by atoms with E-state index in [0.29, 0.717) is 19.0 Å². The first-order valence-electron chi connectivity index (χ1n) is 6.94. The zero-order valence-electron chi connectivity index (χ0n) is 12.3. The summed E-state index contributed by atoms with van der Waals surface area (Å²) in [6.07, 6.45) is 1.52. The third kappa shape index (κ3) is 2.90. The molecule has 0 unspecified atom stereocenters. The second-order valence-corrected chi connectivity index (χ2v) is 7.22. The van der Waals surface area contributed by atoms with Gasteiger partial charge in [0.05, 0.1) is 0 Å². The molecular weight excluding hydrogens is 334 g/mol. The molecule has 1 aliphatic rings. The van der Waals surface area contributed by atoms with Crippen LogP contribution in [0.25, 0.3) is 11.0 Å². The Bertz CT molecular complexity index is 684. The highest BCUT2D eigenvalue weighted by Crippen LogP contribution is 2.31. The first-order valence-corrected chi connectivity index (χ1v) is 7.74. The van der Waals surface area contributed by atoms with Gasteiger partial charge in [0.15, 0.2) is 0 Å². The number of carbonyl (C=O) groups excluding carboxylic acids is 1. The predicted octanol–water partition coefficient (Wildman–Crippen LogP) is 3.66. The molecule has 1 amide bonds. The molecule has 2 aromatic heterocycles. The minimum Gasteiger partial charge on any atom is -0.444 e. The van der Waals surface area contributed by atoms with Crippen molar-refractivity contribution in [3.8, 4) is 0 Å². The minimum atomic E-state index is -0.446. The molecule has 0 bridgehead atoms. The van der Waals surface area contributed by atoms with E-state index in [1.165, 1.54) is 0 Å². The number of hydrogen-bond acceptors (Lipinski definition) is 3. The lowest BCUT2D eigenvalue weighted by Gasteiger charge is -2.39. The first-order chi connectivity index (χ1) is 9.83. The van der Waals surface area contributed by atoms with Crippen molar-refractivity contribution in [1.82, 2.24) is 14.9 Å². The lowest BCUT2D eigenvalue weighted by molar-refractivity contribution is 0.00793. The SMILES string of the molecule is CC(C)(C)OC(=O)N1CC(c2cc3c(Br)ccnc3[nH]2)C1. The number of nitrogens with zero attached hydrogens (tertiary/aromatic N) is 2. The van der Waals surface area contributed by atoms with Gasteiger partial charge in [0.25, 0.3) is 0 Å². The highest BCUT2D eigenvalue weighted by Gasteiger charge is 2.35. The van der Waals surface area contributed by atoms with Gasteiger partial charge in [-0.05, 0) is 48.8 Å². The van der Waals surface area contributed by atoms with Crippen molar-refractivity contribution < 1.29 is 9.53 Å². The lowest BCUT2D eigenvalue weighted by atomic mass is 9.97. The van der Waals surface area contributed by atoms with Gasteiger partial charge in [0.1, 0.15) is 11.2 Å². The van der Waals surface area contributed by atoms with Gasteiger partial charge in [0.2, 0.25) is 0 Å². The normalized spacial score (nSPS) is 16.1. The Morgan fingerprint density at radius 2 is 2.19 bits per heavy atom. The standard InChI is InChI=1S/C15H18BrN3O2/c1-15(2,3)21-14(20)19-7-9(8-19)12-6-10-11(16)4-5-17-13(10)18-12/h4-6,9H,7-8H2,1-3H3,(H,17,18). The lowest BCUT2D eigenvalue weighted by Crippen LogP contribution is -2.50. The van der Waals surface area contributed by atoms with Crippen LogP contribution in [-0.2, 0) is 4.74 Å². The second kappa shape index (κ2) is 5.02. The topological polar surface area (TPSA) is 58.2 Å². The Balaban J connectivity index is 1.68. The molecule has 0 atom stereocenters. The molecule has 6 heteroatoms. The van der Waals surface area contributed by atoms with Crippen LogP contribution in [0.4, 0.5) is 4.79 Å². The largest absolute Gasteiger partial charge is 0.444 e. The number of H-pyrrole nitrogens is 1. The molecule has 5 nitrogen and oxygen atoms in total. The first kappa shape index (κ1) is 14.4. The summed E-state index contributed by atoms with van der Waals surface area (Å²) in [7, 11) is 0. The summed E-state index contributed by atoms with van der Waals surface area (Å²) in [6.45, 7) is 6.99. The summed E-state index contributed by atoms with van der Waals surface area (Å²) in [6, 6.07) is 4.03. The van der Waals surface area contributed by atoms with E-state index < -0.39 is 5.60 Å². The quantitative estimate of drug-likeness (QED) is 0.852. The van der Waals surface area contributed by atoms with Crippen LogP contribution in [-0.4, -0.2) is 39.7 Å². The van der Waals surface area contributed by atoms with Crippen molar-refractivity contribution in [1.29, 1.82) is 0 Å². The summed E-state index contributed by atoms with van der Waals surface area (Å²) in [4.78, 5) is 21.3. The minimum absolute atomic E-state index is 0.242. The Kier molecular flexibility index (Phi) is 3.43. The number of fused-ring (bicyclic) bond motifs is 1. The molecule has 1 fully saturated rings. The summed E-state index contributed by atoms with van der Waals surface area (Å²) >= 11 is 3.52. The number of rotatable bonds is 1. The van der Waals surface area contributed by atoms with Crippen molar-refractivity contribution in [3.63, 3.8) is 0 Å². The van der Waals surface area contributed by atoms with Gasteiger partial charge in [-0.1, -0.05) is 0 Å². The molecule has 0 aliphatic carbocycles. The molecular formula is C15H18BrN3O2. The van der Waals surface area contributed by atoms with Gasteiger partial charge < -0.3 is 14.6 Å². The molecule has 21 heavy (non-hydrogen) atoms. The summed E-state index contributed by atoms with van der Waals surface area (Å²) in [5, 5.41) is 1.07. The number of pyridine rings is 1. The third-order valence-corrected chi connectivity index (χ3v) is 4.16. The monoisotopic (exact) mass is 351 g/mol. The van der Waals surface area contributed by atoms with Gasteiger partial charge >= 0.3 is 6.09 Å². The second-order valence-electron chi connectivity index (χ2n) is 6.36. The van der Waals surface area contributed by atoms with E-state index in [4.69, 9.17) is 4.74 Å². The average Bonchev–Trinajstić information content (AvgIpc) is 2.69. The number of ether oxygens (including phenoxy) is 1. The van der Waals surface area contributed by atoms with Crippen LogP contribution >= 0.6 is 15.9 Å². The van der Waals surface area contributed by atoms with E-state index in [1.807, 2.05) is 26.8 Å². The fourth-order valence-electron chi connectivity index (χ4n) is 2.39. The summed E-state index contributed by atoms with van der Waals surface area (Å²) in [5.74, 6) is 0.318. The predicted molar refractivity (Wildman–Crippen MR) is 84.3 cm³/mol. The number of amides is 1. The van der Waals surface area contributed by atoms with Gasteiger partial charge in [-0.2, -0.15) is 0 Å². The van der Waals surface area contributed by atoms with Crippen molar-refractivity contribution in [2.24, 2.45) is 0 Å². The van der Waals surface area contributed by atoms with Crippen molar-refractivity contribution in [2.45, 2.75) is 32.3 Å². The maximum atomic E-state index is 11.9. The van der Waals surface area contributed by atoms with E-state index in [-0.39, 0.29) is 6.09 Å². The molecule has 0 spiro atoms.